The van der Waals surface area contributed by atoms with E-state index in [9.17, 15) is 10.5 Å². The molecule has 0 bridgehead atoms. The first-order chi connectivity index (χ1) is 19.6. The highest BCUT2D eigenvalue weighted by Gasteiger charge is 2.22. The number of rotatable bonds is 4. The molecule has 0 saturated heterocycles. The number of nitrogens with zero attached hydrogens (tertiary/aromatic N) is 4. The third-order valence-electron chi connectivity index (χ3n) is 6.63. The molecule has 40 heavy (non-hydrogen) atoms. The van der Waals surface area contributed by atoms with Gasteiger partial charge in [0.05, 0.1) is 33.5 Å². The molecule has 0 amide bonds. The van der Waals surface area contributed by atoms with E-state index in [1.54, 1.807) is 12.4 Å². The first kappa shape index (κ1) is 25.3. The normalized spacial score (nSPS) is 12.5. The number of H-pyrrole nitrogens is 2. The lowest BCUT2D eigenvalue weighted by Crippen LogP contribution is -2.11. The van der Waals surface area contributed by atoms with Gasteiger partial charge >= 0.3 is 0 Å². The Kier molecular flexibility index (Phi) is 6.71. The molecular formula is C32H20N6S2. The van der Waals surface area contributed by atoms with Crippen LogP contribution in [0.5, 0.6) is 0 Å². The van der Waals surface area contributed by atoms with Crippen LogP contribution < -0.4 is 10.7 Å². The first-order valence-corrected chi connectivity index (χ1v) is 13.2. The number of benzene rings is 2. The maximum absolute atomic E-state index is 10.4. The molecule has 6 rings (SSSR count). The van der Waals surface area contributed by atoms with E-state index in [0.29, 0.717) is 33.2 Å². The van der Waals surface area contributed by atoms with Crippen molar-refractivity contribution in [3.05, 3.63) is 119 Å². The largest absolute Gasteiger partial charge is 0.353 e. The van der Waals surface area contributed by atoms with Crippen LogP contribution in [0.4, 0.5) is 0 Å². The number of aromatic nitrogens is 4. The Morgan fingerprint density at radius 3 is 1.30 bits per heavy atom. The summed E-state index contributed by atoms with van der Waals surface area (Å²) in [5.74, 6) is 0. The van der Waals surface area contributed by atoms with E-state index in [0.717, 1.165) is 43.1 Å². The van der Waals surface area contributed by atoms with E-state index in [1.807, 2.05) is 84.9 Å². The third-order valence-corrected chi connectivity index (χ3v) is 7.22. The van der Waals surface area contributed by atoms with Gasteiger partial charge in [0.15, 0.2) is 0 Å². The maximum Gasteiger partial charge on any atom is 0.104 e. The Morgan fingerprint density at radius 2 is 0.975 bits per heavy atom. The summed E-state index contributed by atoms with van der Waals surface area (Å²) in [6, 6.07) is 31.2. The fourth-order valence-corrected chi connectivity index (χ4v) is 5.12. The van der Waals surface area contributed by atoms with Crippen LogP contribution in [0, 0.1) is 22.7 Å². The van der Waals surface area contributed by atoms with Crippen molar-refractivity contribution in [1.82, 2.24) is 19.9 Å². The number of thiol groups is 2. The molecule has 0 radical (unpaired) electrons. The number of aromatic amines is 2. The number of hydrogen-bond donors (Lipinski definition) is 4. The topological polar surface area (TPSA) is 105 Å². The lowest BCUT2D eigenvalue weighted by molar-refractivity contribution is 1.23. The molecule has 4 heterocycles. The van der Waals surface area contributed by atoms with Crippen molar-refractivity contribution in [2.24, 2.45) is 0 Å². The Labute approximate surface area is 240 Å². The summed E-state index contributed by atoms with van der Waals surface area (Å²) >= 11 is 8.92. The smallest absolute Gasteiger partial charge is 0.104 e. The molecular weight excluding hydrogens is 533 g/mol. The van der Waals surface area contributed by atoms with Crippen LogP contribution in [0.15, 0.2) is 107 Å². The number of nitrogens with one attached hydrogen (secondary N) is 2. The predicted octanol–water partition coefficient (Wildman–Crippen LogP) is 5.64. The molecule has 0 atom stereocenters. The minimum absolute atomic E-state index is 0.386. The van der Waals surface area contributed by atoms with Gasteiger partial charge in [0.2, 0.25) is 0 Å². The molecule has 2 aromatic carbocycles. The summed E-state index contributed by atoms with van der Waals surface area (Å²) in [4.78, 5) is 17.7. The van der Waals surface area contributed by atoms with Crippen molar-refractivity contribution in [3.8, 4) is 34.7 Å². The van der Waals surface area contributed by atoms with Crippen molar-refractivity contribution >= 4 is 47.2 Å². The van der Waals surface area contributed by atoms with E-state index in [2.05, 4.69) is 57.3 Å². The lowest BCUT2D eigenvalue weighted by atomic mass is 10.0. The van der Waals surface area contributed by atoms with Crippen LogP contribution >= 0.6 is 25.3 Å². The minimum Gasteiger partial charge on any atom is -0.353 e. The molecule has 0 fully saturated rings. The van der Waals surface area contributed by atoms with Crippen LogP contribution in [0.3, 0.4) is 0 Å². The Bertz CT molecular complexity index is 1910. The average Bonchev–Trinajstić information content (AvgIpc) is 3.56. The Morgan fingerprint density at radius 1 is 0.575 bits per heavy atom. The second kappa shape index (κ2) is 10.6. The molecule has 0 aliphatic rings. The van der Waals surface area contributed by atoms with Crippen LogP contribution in [0.1, 0.15) is 11.4 Å². The highest BCUT2D eigenvalue weighted by Crippen LogP contribution is 2.32. The van der Waals surface area contributed by atoms with Crippen LogP contribution in [0.25, 0.3) is 44.4 Å². The van der Waals surface area contributed by atoms with Crippen molar-refractivity contribution in [3.63, 3.8) is 0 Å². The van der Waals surface area contributed by atoms with Gasteiger partial charge in [-0.25, -0.2) is 0 Å². The monoisotopic (exact) mass is 552 g/mol. The lowest BCUT2D eigenvalue weighted by Gasteiger charge is -2.03. The standard InChI is InChI=1S/C32H20N6S2/c33-17-23(25-5-1-3-15-35-25)31-27-28(30(37-31)20-9-13-22(40)14-10-20)32(24(18-34)26-6-2-4-16-36-26)38-29(27)19-7-11-21(39)12-8-19/h1-16,37-40H/b31-23-,32-24-. The highest BCUT2D eigenvalue weighted by molar-refractivity contribution is 7.80. The number of pyridine rings is 2. The van der Waals surface area contributed by atoms with E-state index in [4.69, 9.17) is 0 Å². The molecule has 4 aromatic heterocycles. The summed E-state index contributed by atoms with van der Waals surface area (Å²) in [5, 5.41) is 23.6. The summed E-state index contributed by atoms with van der Waals surface area (Å²) < 4.78 is 0. The fourth-order valence-electron chi connectivity index (χ4n) is 4.82. The fraction of sp³-hybridized carbons (Fsp3) is 0. The van der Waals surface area contributed by atoms with E-state index >= 15 is 0 Å². The second-order valence-electron chi connectivity index (χ2n) is 9.00. The molecule has 6 aromatic rings. The predicted molar refractivity (Wildman–Crippen MR) is 162 cm³/mol. The van der Waals surface area contributed by atoms with Gasteiger partial charge in [0, 0.05) is 33.0 Å². The molecule has 0 saturated carbocycles. The van der Waals surface area contributed by atoms with E-state index in [1.165, 1.54) is 0 Å². The zero-order valence-electron chi connectivity index (χ0n) is 20.9. The summed E-state index contributed by atoms with van der Waals surface area (Å²) in [6.07, 6.45) is 3.33. The second-order valence-corrected chi connectivity index (χ2v) is 10.0. The van der Waals surface area contributed by atoms with E-state index < -0.39 is 0 Å². The van der Waals surface area contributed by atoms with Crippen molar-refractivity contribution in [2.75, 3.05) is 0 Å². The minimum atomic E-state index is 0.386. The number of fused-ring (bicyclic) bond motifs is 1. The number of hydrogen-bond acceptors (Lipinski definition) is 6. The third kappa shape index (κ3) is 4.46. The van der Waals surface area contributed by atoms with Gasteiger partial charge in [-0.05, 0) is 59.7 Å². The molecule has 0 spiro atoms. The SMILES string of the molecule is N#C/C(c1ccccn1)=c1/[nH]c(-c2ccc(S)cc2)c2/c(=C(\C#N)c3ccccn3)[nH]c(-c3ccc(S)cc3)c12. The zero-order chi connectivity index (χ0) is 27.6. The van der Waals surface area contributed by atoms with Gasteiger partial charge < -0.3 is 9.97 Å². The summed E-state index contributed by atoms with van der Waals surface area (Å²) in [6.45, 7) is 0. The maximum atomic E-state index is 10.4. The highest BCUT2D eigenvalue weighted by atomic mass is 32.1. The number of nitriles is 2. The summed E-state index contributed by atoms with van der Waals surface area (Å²) in [5.41, 5.74) is 5.13. The molecule has 0 aliphatic carbocycles. The van der Waals surface area contributed by atoms with Gasteiger partial charge in [-0.2, -0.15) is 10.5 Å². The molecule has 6 nitrogen and oxygen atoms in total. The Hall–Kier alpha value is -5.02. The van der Waals surface area contributed by atoms with Gasteiger partial charge in [0.1, 0.15) is 23.3 Å². The molecule has 0 aliphatic heterocycles. The molecule has 0 unspecified atom stereocenters. The average molecular weight is 553 g/mol. The quantitative estimate of drug-likeness (QED) is 0.212. The van der Waals surface area contributed by atoms with E-state index in [-0.39, 0.29) is 0 Å². The van der Waals surface area contributed by atoms with Crippen LogP contribution in [-0.2, 0) is 0 Å². The van der Waals surface area contributed by atoms with Crippen molar-refractivity contribution < 1.29 is 0 Å². The van der Waals surface area contributed by atoms with Gasteiger partial charge in [-0.15, -0.1) is 25.3 Å². The molecule has 2 N–H and O–H groups in total. The van der Waals surface area contributed by atoms with Gasteiger partial charge in [-0.1, -0.05) is 36.4 Å². The zero-order valence-corrected chi connectivity index (χ0v) is 22.7. The molecule has 8 heteroatoms. The van der Waals surface area contributed by atoms with Gasteiger partial charge in [-0.3, -0.25) is 9.97 Å². The molecule has 190 valence electrons. The summed E-state index contributed by atoms with van der Waals surface area (Å²) in [7, 11) is 0. The van der Waals surface area contributed by atoms with Crippen molar-refractivity contribution in [1.29, 1.82) is 10.5 Å². The first-order valence-electron chi connectivity index (χ1n) is 12.3. The van der Waals surface area contributed by atoms with Crippen LogP contribution in [0.2, 0.25) is 0 Å². The van der Waals surface area contributed by atoms with Crippen LogP contribution in [-0.4, -0.2) is 19.9 Å². The Balaban J connectivity index is 1.88. The van der Waals surface area contributed by atoms with Crippen molar-refractivity contribution in [2.45, 2.75) is 9.79 Å². The van der Waals surface area contributed by atoms with Gasteiger partial charge in [0.25, 0.3) is 0 Å².